The van der Waals surface area contributed by atoms with Crippen molar-refractivity contribution >= 4 is 29.1 Å². The number of carbonyl (C=O) groups is 1. The first-order valence-electron chi connectivity index (χ1n) is 9.16. The molecule has 3 heterocycles. The van der Waals surface area contributed by atoms with E-state index >= 15 is 0 Å². The smallest absolute Gasteiger partial charge is 0.274 e. The highest BCUT2D eigenvalue weighted by atomic mass is 35.5. The standard InChI is InChI=1S/C19H19Cl2FN4O2/c20-12-3-1-4-16(18(12)21)28-17-6-5-14(23-24-17)19(27)26-10-7-15(13(22)11-26)25-8-2-9-25/h1,3-6,13,15H,2,7-11H2. The van der Waals surface area contributed by atoms with Gasteiger partial charge in [0.2, 0.25) is 5.88 Å². The Bertz CT molecular complexity index is 864. The number of piperidine rings is 1. The maximum Gasteiger partial charge on any atom is 0.274 e. The van der Waals surface area contributed by atoms with Crippen LogP contribution in [0.5, 0.6) is 11.6 Å². The third-order valence-electron chi connectivity index (χ3n) is 5.14. The summed E-state index contributed by atoms with van der Waals surface area (Å²) in [5.41, 5.74) is 0.152. The second kappa shape index (κ2) is 8.19. The summed E-state index contributed by atoms with van der Waals surface area (Å²) in [5, 5.41) is 8.49. The van der Waals surface area contributed by atoms with Crippen LogP contribution in [0.25, 0.3) is 0 Å². The van der Waals surface area contributed by atoms with Crippen LogP contribution in [0.15, 0.2) is 30.3 Å². The summed E-state index contributed by atoms with van der Waals surface area (Å²) in [6.45, 7) is 2.49. The Morgan fingerprint density at radius 1 is 1.14 bits per heavy atom. The Morgan fingerprint density at radius 3 is 2.61 bits per heavy atom. The molecular formula is C19H19Cl2FN4O2. The van der Waals surface area contributed by atoms with Crippen molar-refractivity contribution in [3.05, 3.63) is 46.1 Å². The van der Waals surface area contributed by atoms with Crippen LogP contribution in [-0.2, 0) is 0 Å². The Hall–Kier alpha value is -1.96. The highest BCUT2D eigenvalue weighted by molar-refractivity contribution is 6.42. The fourth-order valence-electron chi connectivity index (χ4n) is 3.49. The van der Waals surface area contributed by atoms with E-state index in [0.29, 0.717) is 23.7 Å². The van der Waals surface area contributed by atoms with Gasteiger partial charge in [-0.05, 0) is 44.1 Å². The minimum atomic E-state index is -1.04. The number of benzene rings is 1. The van der Waals surface area contributed by atoms with Crippen LogP contribution in [0.2, 0.25) is 10.0 Å². The summed E-state index contributed by atoms with van der Waals surface area (Å²) in [4.78, 5) is 16.3. The molecule has 0 radical (unpaired) electrons. The van der Waals surface area contributed by atoms with E-state index in [1.807, 2.05) is 0 Å². The molecule has 0 aliphatic carbocycles. The lowest BCUT2D eigenvalue weighted by atomic mass is 9.98. The molecule has 0 spiro atoms. The van der Waals surface area contributed by atoms with Crippen LogP contribution in [-0.4, -0.2) is 64.3 Å². The number of nitrogens with zero attached hydrogens (tertiary/aromatic N) is 4. The zero-order valence-corrected chi connectivity index (χ0v) is 16.5. The van der Waals surface area contributed by atoms with Crippen LogP contribution >= 0.6 is 23.2 Å². The summed E-state index contributed by atoms with van der Waals surface area (Å²) in [7, 11) is 0. The minimum Gasteiger partial charge on any atom is -0.436 e. The van der Waals surface area contributed by atoms with E-state index in [4.69, 9.17) is 27.9 Å². The molecule has 4 rings (SSSR count). The molecule has 6 nitrogen and oxygen atoms in total. The van der Waals surface area contributed by atoms with E-state index < -0.39 is 6.17 Å². The average Bonchev–Trinajstić information content (AvgIpc) is 2.66. The first kappa shape index (κ1) is 19.4. The van der Waals surface area contributed by atoms with Crippen molar-refractivity contribution in [2.45, 2.75) is 25.1 Å². The van der Waals surface area contributed by atoms with Crippen molar-refractivity contribution in [3.8, 4) is 11.6 Å². The maximum atomic E-state index is 14.5. The number of ether oxygens (including phenoxy) is 1. The predicted molar refractivity (Wildman–Crippen MR) is 104 cm³/mol. The topological polar surface area (TPSA) is 58.6 Å². The van der Waals surface area contributed by atoms with Gasteiger partial charge in [-0.3, -0.25) is 9.69 Å². The number of halogens is 3. The maximum absolute atomic E-state index is 14.5. The Balaban J connectivity index is 1.39. The molecule has 148 valence electrons. The number of hydrogen-bond acceptors (Lipinski definition) is 5. The lowest BCUT2D eigenvalue weighted by molar-refractivity contribution is 0.00558. The first-order valence-corrected chi connectivity index (χ1v) is 9.91. The number of amides is 1. The Morgan fingerprint density at radius 2 is 1.96 bits per heavy atom. The van der Waals surface area contributed by atoms with Gasteiger partial charge in [0.25, 0.3) is 5.91 Å². The van der Waals surface area contributed by atoms with Gasteiger partial charge in [-0.2, -0.15) is 0 Å². The molecule has 1 amide bonds. The van der Waals surface area contributed by atoms with E-state index in [2.05, 4.69) is 15.1 Å². The second-order valence-corrected chi connectivity index (χ2v) is 7.71. The van der Waals surface area contributed by atoms with E-state index in [1.54, 1.807) is 18.2 Å². The summed E-state index contributed by atoms with van der Waals surface area (Å²) in [6, 6.07) is 7.95. The van der Waals surface area contributed by atoms with Gasteiger partial charge >= 0.3 is 0 Å². The van der Waals surface area contributed by atoms with Gasteiger partial charge in [0.05, 0.1) is 11.6 Å². The highest BCUT2D eigenvalue weighted by Crippen LogP contribution is 2.34. The van der Waals surface area contributed by atoms with Gasteiger partial charge < -0.3 is 9.64 Å². The van der Waals surface area contributed by atoms with Crippen LogP contribution < -0.4 is 4.74 Å². The normalized spacial score (nSPS) is 22.6. The molecule has 2 fully saturated rings. The van der Waals surface area contributed by atoms with Crippen LogP contribution in [0, 0.1) is 0 Å². The monoisotopic (exact) mass is 424 g/mol. The van der Waals surface area contributed by atoms with E-state index in [9.17, 15) is 9.18 Å². The van der Waals surface area contributed by atoms with Crippen LogP contribution in [0.3, 0.4) is 0 Å². The molecule has 2 aliphatic heterocycles. The molecule has 0 bridgehead atoms. The molecule has 2 aromatic rings. The van der Waals surface area contributed by atoms with Gasteiger partial charge in [0.15, 0.2) is 5.69 Å². The van der Waals surface area contributed by atoms with Gasteiger partial charge in [-0.1, -0.05) is 29.3 Å². The Labute approximate surface area is 172 Å². The predicted octanol–water partition coefficient (Wildman–Crippen LogP) is 3.83. The lowest BCUT2D eigenvalue weighted by Gasteiger charge is -2.44. The summed E-state index contributed by atoms with van der Waals surface area (Å²) >= 11 is 12.0. The second-order valence-electron chi connectivity index (χ2n) is 6.92. The first-order chi connectivity index (χ1) is 13.5. The molecule has 1 aromatic heterocycles. The van der Waals surface area contributed by atoms with Crippen LogP contribution in [0.4, 0.5) is 4.39 Å². The lowest BCUT2D eigenvalue weighted by Crippen LogP contribution is -2.57. The zero-order valence-electron chi connectivity index (χ0n) is 15.0. The van der Waals surface area contributed by atoms with Crippen molar-refractivity contribution in [1.29, 1.82) is 0 Å². The van der Waals surface area contributed by atoms with E-state index in [-0.39, 0.29) is 35.1 Å². The molecule has 28 heavy (non-hydrogen) atoms. The molecule has 0 N–H and O–H groups in total. The molecule has 9 heteroatoms. The van der Waals surface area contributed by atoms with Crippen molar-refractivity contribution in [1.82, 2.24) is 20.0 Å². The van der Waals surface area contributed by atoms with Gasteiger partial charge in [0.1, 0.15) is 16.9 Å². The SMILES string of the molecule is O=C(c1ccc(Oc2cccc(Cl)c2Cl)nn1)N1CCC(N2CCC2)C(F)C1. The highest BCUT2D eigenvalue weighted by Gasteiger charge is 2.37. The van der Waals surface area contributed by atoms with Gasteiger partial charge in [-0.25, -0.2) is 4.39 Å². The average molecular weight is 425 g/mol. The van der Waals surface area contributed by atoms with Crippen molar-refractivity contribution < 1.29 is 13.9 Å². The van der Waals surface area contributed by atoms with Gasteiger partial charge in [-0.15, -0.1) is 10.2 Å². The van der Waals surface area contributed by atoms with E-state index in [0.717, 1.165) is 19.5 Å². The fraction of sp³-hybridized carbons (Fsp3) is 0.421. The number of alkyl halides is 1. The Kier molecular flexibility index (Phi) is 5.66. The molecule has 2 atom stereocenters. The minimum absolute atomic E-state index is 0.0814. The third-order valence-corrected chi connectivity index (χ3v) is 5.95. The molecule has 2 unspecified atom stereocenters. The number of carbonyl (C=O) groups excluding carboxylic acids is 1. The quantitative estimate of drug-likeness (QED) is 0.745. The summed E-state index contributed by atoms with van der Waals surface area (Å²) in [6.07, 6.45) is 0.712. The number of rotatable bonds is 4. The zero-order chi connectivity index (χ0) is 19.7. The van der Waals surface area contributed by atoms with E-state index in [1.165, 1.54) is 17.0 Å². The molecule has 1 aromatic carbocycles. The number of aromatic nitrogens is 2. The third kappa shape index (κ3) is 3.92. The van der Waals surface area contributed by atoms with Crippen molar-refractivity contribution in [3.63, 3.8) is 0 Å². The fourth-order valence-corrected chi connectivity index (χ4v) is 3.82. The molecule has 2 saturated heterocycles. The molecule has 2 aliphatic rings. The number of hydrogen-bond donors (Lipinski definition) is 0. The number of likely N-dealkylation sites (tertiary alicyclic amines) is 2. The largest absolute Gasteiger partial charge is 0.436 e. The molecule has 0 saturated carbocycles. The molecular weight excluding hydrogens is 406 g/mol. The van der Waals surface area contributed by atoms with Crippen molar-refractivity contribution in [2.24, 2.45) is 0 Å². The van der Waals surface area contributed by atoms with Crippen molar-refractivity contribution in [2.75, 3.05) is 26.2 Å². The van der Waals surface area contributed by atoms with Crippen LogP contribution in [0.1, 0.15) is 23.3 Å². The van der Waals surface area contributed by atoms with Gasteiger partial charge in [0, 0.05) is 18.7 Å². The summed E-state index contributed by atoms with van der Waals surface area (Å²) < 4.78 is 20.1. The summed E-state index contributed by atoms with van der Waals surface area (Å²) in [5.74, 6) is 0.195.